The Morgan fingerprint density at radius 2 is 2.11 bits per heavy atom. The van der Waals surface area contributed by atoms with E-state index < -0.39 is 6.10 Å². The highest BCUT2D eigenvalue weighted by Gasteiger charge is 2.17. The third kappa shape index (κ3) is 3.08. The first-order valence-electron chi connectivity index (χ1n) is 6.22. The van der Waals surface area contributed by atoms with E-state index in [1.165, 1.54) is 4.88 Å². The molecular formula is C15H19NO2S. The fraction of sp³-hybridized carbons (Fsp3) is 0.333. The molecule has 0 bridgehead atoms. The smallest absolute Gasteiger partial charge is 0.126 e. The second kappa shape index (κ2) is 6.08. The van der Waals surface area contributed by atoms with E-state index in [2.05, 4.69) is 22.4 Å². The quantitative estimate of drug-likeness (QED) is 0.908. The second-order valence-electron chi connectivity index (χ2n) is 4.50. The summed E-state index contributed by atoms with van der Waals surface area (Å²) in [5, 5.41) is 12.1. The monoisotopic (exact) mass is 277 g/mol. The second-order valence-corrected chi connectivity index (χ2v) is 5.54. The Balaban J connectivity index is 2.32. The van der Waals surface area contributed by atoms with Crippen molar-refractivity contribution >= 4 is 17.0 Å². The van der Waals surface area contributed by atoms with Gasteiger partial charge in [0.1, 0.15) is 5.75 Å². The van der Waals surface area contributed by atoms with Crippen LogP contribution in [0.3, 0.4) is 0 Å². The van der Waals surface area contributed by atoms with Crippen molar-refractivity contribution in [1.82, 2.24) is 0 Å². The van der Waals surface area contributed by atoms with Crippen LogP contribution in [0, 0.1) is 0 Å². The molecule has 1 aromatic heterocycles. The molecule has 1 N–H and O–H groups in total. The van der Waals surface area contributed by atoms with Crippen LogP contribution in [0.1, 0.15) is 23.5 Å². The van der Waals surface area contributed by atoms with Crippen molar-refractivity contribution in [1.29, 1.82) is 0 Å². The average molecular weight is 277 g/mol. The number of benzene rings is 1. The summed E-state index contributed by atoms with van der Waals surface area (Å²) in [5.74, 6) is 0.727. The average Bonchev–Trinajstić information content (AvgIpc) is 2.90. The Labute approximate surface area is 118 Å². The van der Waals surface area contributed by atoms with E-state index >= 15 is 0 Å². The van der Waals surface area contributed by atoms with Crippen LogP contribution in [0.25, 0.3) is 0 Å². The maximum Gasteiger partial charge on any atom is 0.126 e. The molecule has 102 valence electrons. The molecule has 0 aliphatic carbocycles. The number of thiophene rings is 1. The molecule has 1 heterocycles. The Morgan fingerprint density at radius 1 is 1.32 bits per heavy atom. The van der Waals surface area contributed by atoms with Gasteiger partial charge in [-0.15, -0.1) is 11.3 Å². The zero-order valence-electron chi connectivity index (χ0n) is 11.5. The molecule has 1 aromatic carbocycles. The van der Waals surface area contributed by atoms with Crippen LogP contribution in [0.15, 0.2) is 35.7 Å². The first-order valence-corrected chi connectivity index (χ1v) is 7.10. The number of hydrogen-bond donors (Lipinski definition) is 1. The normalized spacial score (nSPS) is 12.2. The van der Waals surface area contributed by atoms with E-state index in [1.807, 2.05) is 25.2 Å². The SMILES string of the molecule is COc1cccc(N(C)Cc2cccs2)c1[C@H](C)O. The van der Waals surface area contributed by atoms with Crippen molar-refractivity contribution in [2.45, 2.75) is 19.6 Å². The van der Waals surface area contributed by atoms with Gasteiger partial charge in [0, 0.05) is 23.2 Å². The fourth-order valence-corrected chi connectivity index (χ4v) is 2.94. The van der Waals surface area contributed by atoms with Crippen LogP contribution in [0.5, 0.6) is 5.75 Å². The minimum absolute atomic E-state index is 0.558. The van der Waals surface area contributed by atoms with Gasteiger partial charge in [0.15, 0.2) is 0 Å². The number of nitrogens with zero attached hydrogens (tertiary/aromatic N) is 1. The van der Waals surface area contributed by atoms with Gasteiger partial charge >= 0.3 is 0 Å². The first-order chi connectivity index (χ1) is 9.13. The van der Waals surface area contributed by atoms with E-state index in [-0.39, 0.29) is 0 Å². The van der Waals surface area contributed by atoms with Crippen LogP contribution in [0.4, 0.5) is 5.69 Å². The molecule has 1 atom stereocenters. The van der Waals surface area contributed by atoms with E-state index in [0.29, 0.717) is 0 Å². The number of methoxy groups -OCH3 is 1. The number of aliphatic hydroxyl groups is 1. The molecule has 2 rings (SSSR count). The summed E-state index contributed by atoms with van der Waals surface area (Å²) in [6, 6.07) is 10.0. The molecule has 19 heavy (non-hydrogen) atoms. The molecule has 3 nitrogen and oxygen atoms in total. The van der Waals surface area contributed by atoms with Crippen molar-refractivity contribution in [3.8, 4) is 5.75 Å². The van der Waals surface area contributed by atoms with Gasteiger partial charge in [-0.3, -0.25) is 0 Å². The molecule has 0 fully saturated rings. The molecule has 2 aromatic rings. The summed E-state index contributed by atoms with van der Waals surface area (Å²) in [4.78, 5) is 3.43. The molecule has 0 aliphatic heterocycles. The zero-order valence-corrected chi connectivity index (χ0v) is 12.3. The number of ether oxygens (including phenoxy) is 1. The molecule has 0 saturated carbocycles. The minimum Gasteiger partial charge on any atom is -0.496 e. The highest BCUT2D eigenvalue weighted by molar-refractivity contribution is 7.09. The third-order valence-electron chi connectivity index (χ3n) is 3.07. The lowest BCUT2D eigenvalue weighted by molar-refractivity contribution is 0.194. The number of anilines is 1. The molecule has 0 saturated heterocycles. The van der Waals surface area contributed by atoms with Crippen molar-refractivity contribution < 1.29 is 9.84 Å². The van der Waals surface area contributed by atoms with Crippen LogP contribution in [-0.4, -0.2) is 19.3 Å². The maximum absolute atomic E-state index is 9.99. The first kappa shape index (κ1) is 13.9. The Morgan fingerprint density at radius 3 is 2.68 bits per heavy atom. The molecule has 4 heteroatoms. The fourth-order valence-electron chi connectivity index (χ4n) is 2.18. The van der Waals surface area contributed by atoms with Gasteiger partial charge < -0.3 is 14.7 Å². The van der Waals surface area contributed by atoms with Gasteiger partial charge in [0.05, 0.1) is 19.8 Å². The maximum atomic E-state index is 9.99. The summed E-state index contributed by atoms with van der Waals surface area (Å²) in [6.07, 6.45) is -0.558. The van der Waals surface area contributed by atoms with Crippen molar-refractivity contribution in [2.75, 3.05) is 19.1 Å². The van der Waals surface area contributed by atoms with Crippen molar-refractivity contribution in [3.63, 3.8) is 0 Å². The summed E-state index contributed by atoms with van der Waals surface area (Å²) < 4.78 is 5.35. The molecule has 0 aliphatic rings. The lowest BCUT2D eigenvalue weighted by Gasteiger charge is -2.24. The Hall–Kier alpha value is -1.52. The highest BCUT2D eigenvalue weighted by atomic mass is 32.1. The van der Waals surface area contributed by atoms with Crippen LogP contribution < -0.4 is 9.64 Å². The van der Waals surface area contributed by atoms with Crippen LogP contribution in [0.2, 0.25) is 0 Å². The summed E-state index contributed by atoms with van der Waals surface area (Å²) in [7, 11) is 3.66. The topological polar surface area (TPSA) is 32.7 Å². The molecule has 0 radical (unpaired) electrons. The van der Waals surface area contributed by atoms with Crippen LogP contribution >= 0.6 is 11.3 Å². The number of hydrogen-bond acceptors (Lipinski definition) is 4. The van der Waals surface area contributed by atoms with Gasteiger partial charge in [-0.25, -0.2) is 0 Å². The third-order valence-corrected chi connectivity index (χ3v) is 3.93. The van der Waals surface area contributed by atoms with Gasteiger partial charge in [-0.05, 0) is 30.5 Å². The molecule has 0 unspecified atom stereocenters. The van der Waals surface area contributed by atoms with Gasteiger partial charge in [-0.1, -0.05) is 12.1 Å². The van der Waals surface area contributed by atoms with Gasteiger partial charge in [0.25, 0.3) is 0 Å². The lowest BCUT2D eigenvalue weighted by Crippen LogP contribution is -2.18. The Bertz CT molecular complexity index is 523. The standard InChI is InChI=1S/C15H19NO2S/c1-11(17)15-13(7-4-8-14(15)18-3)16(2)10-12-6-5-9-19-12/h4-9,11,17H,10H2,1-3H3/t11-/m0/s1. The molecule has 0 amide bonds. The van der Waals surface area contributed by atoms with Crippen LogP contribution in [-0.2, 0) is 6.54 Å². The van der Waals surface area contributed by atoms with Gasteiger partial charge in [-0.2, -0.15) is 0 Å². The number of aliphatic hydroxyl groups excluding tert-OH is 1. The Kier molecular flexibility index (Phi) is 4.45. The zero-order chi connectivity index (χ0) is 13.8. The van der Waals surface area contributed by atoms with Crippen molar-refractivity contribution in [2.24, 2.45) is 0 Å². The van der Waals surface area contributed by atoms with Gasteiger partial charge in [0.2, 0.25) is 0 Å². The number of rotatable bonds is 5. The van der Waals surface area contributed by atoms with Crippen molar-refractivity contribution in [3.05, 3.63) is 46.2 Å². The highest BCUT2D eigenvalue weighted by Crippen LogP contribution is 2.34. The largest absolute Gasteiger partial charge is 0.496 e. The minimum atomic E-state index is -0.558. The summed E-state index contributed by atoms with van der Waals surface area (Å²) >= 11 is 1.73. The summed E-state index contributed by atoms with van der Waals surface area (Å²) in [6.45, 7) is 2.59. The van der Waals surface area contributed by atoms with E-state index in [4.69, 9.17) is 4.74 Å². The van der Waals surface area contributed by atoms with E-state index in [0.717, 1.165) is 23.5 Å². The van der Waals surface area contributed by atoms with E-state index in [1.54, 1.807) is 25.4 Å². The molecular weight excluding hydrogens is 258 g/mol. The lowest BCUT2D eigenvalue weighted by atomic mass is 10.1. The predicted molar refractivity (Wildman–Crippen MR) is 80.1 cm³/mol. The summed E-state index contributed by atoms with van der Waals surface area (Å²) in [5.41, 5.74) is 1.84. The van der Waals surface area contributed by atoms with E-state index in [9.17, 15) is 5.11 Å². The molecule has 0 spiro atoms. The predicted octanol–water partition coefficient (Wildman–Crippen LogP) is 3.45.